The van der Waals surface area contributed by atoms with Crippen LogP contribution in [0.2, 0.25) is 0 Å². The zero-order chi connectivity index (χ0) is 15.2. The first-order valence-corrected chi connectivity index (χ1v) is 8.31. The molecule has 1 aromatic heterocycles. The van der Waals surface area contributed by atoms with Gasteiger partial charge in [-0.15, -0.1) is 11.3 Å². The maximum absolute atomic E-state index is 6.00. The number of nitrogens with one attached hydrogen (secondary N) is 1. The lowest BCUT2D eigenvalue weighted by molar-refractivity contribution is 0.301. The zero-order valence-corrected chi connectivity index (χ0v) is 14.1. The van der Waals surface area contributed by atoms with Gasteiger partial charge in [-0.1, -0.05) is 39.0 Å². The van der Waals surface area contributed by atoms with E-state index in [-0.39, 0.29) is 0 Å². The molecule has 1 aromatic carbocycles. The highest BCUT2D eigenvalue weighted by Gasteiger charge is 2.11. The second-order valence-corrected chi connectivity index (χ2v) is 6.51. The molecule has 0 aliphatic heterocycles. The Bertz CT molecular complexity index is 578. The highest BCUT2D eigenvalue weighted by molar-refractivity contribution is 7.11. The summed E-state index contributed by atoms with van der Waals surface area (Å²) in [7, 11) is 1.97. The Balaban J connectivity index is 2.10. The van der Waals surface area contributed by atoms with Crippen LogP contribution < -0.4 is 10.1 Å². The molecule has 0 radical (unpaired) electrons. The average Bonchev–Trinajstić information content (AvgIpc) is 2.88. The Hall–Kier alpha value is -1.39. The quantitative estimate of drug-likeness (QED) is 0.835. The molecule has 21 heavy (non-hydrogen) atoms. The molecule has 114 valence electrons. The van der Waals surface area contributed by atoms with Crippen LogP contribution in [0.15, 0.2) is 24.3 Å². The van der Waals surface area contributed by atoms with Crippen LogP contribution in [-0.4, -0.2) is 12.0 Å². The largest absolute Gasteiger partial charge is 0.486 e. The minimum absolute atomic E-state index is 0.462. The van der Waals surface area contributed by atoms with E-state index < -0.39 is 0 Å². The standard InChI is InChI=1S/C17H24N2OS/c1-5-14-16(10-18-4)21-17(19-14)11-20-15-9-7-6-8-13(15)12(2)3/h6-9,12,18H,5,10-11H2,1-4H3. The van der Waals surface area contributed by atoms with Gasteiger partial charge in [-0.3, -0.25) is 0 Å². The van der Waals surface area contributed by atoms with Crippen molar-refractivity contribution in [2.45, 2.75) is 46.3 Å². The number of thiazole rings is 1. The van der Waals surface area contributed by atoms with E-state index in [0.29, 0.717) is 12.5 Å². The second-order valence-electron chi connectivity index (χ2n) is 5.34. The molecule has 2 rings (SSSR count). The van der Waals surface area contributed by atoms with Crippen molar-refractivity contribution in [3.63, 3.8) is 0 Å². The van der Waals surface area contributed by atoms with E-state index in [0.717, 1.165) is 23.7 Å². The Kier molecular flexibility index (Phi) is 5.76. The summed E-state index contributed by atoms with van der Waals surface area (Å²) in [4.78, 5) is 6.01. The zero-order valence-electron chi connectivity index (χ0n) is 13.3. The van der Waals surface area contributed by atoms with Crippen molar-refractivity contribution in [1.29, 1.82) is 0 Å². The summed E-state index contributed by atoms with van der Waals surface area (Å²) in [6.45, 7) is 7.94. The van der Waals surface area contributed by atoms with Crippen LogP contribution in [0.25, 0.3) is 0 Å². The van der Waals surface area contributed by atoms with Crippen molar-refractivity contribution in [3.05, 3.63) is 45.4 Å². The van der Waals surface area contributed by atoms with Crippen LogP contribution in [0.5, 0.6) is 5.75 Å². The van der Waals surface area contributed by atoms with Gasteiger partial charge in [-0.25, -0.2) is 4.98 Å². The highest BCUT2D eigenvalue weighted by atomic mass is 32.1. The van der Waals surface area contributed by atoms with Gasteiger partial charge in [0.05, 0.1) is 5.69 Å². The van der Waals surface area contributed by atoms with Crippen molar-refractivity contribution in [2.75, 3.05) is 7.05 Å². The summed E-state index contributed by atoms with van der Waals surface area (Å²) in [6.07, 6.45) is 0.968. The lowest BCUT2D eigenvalue weighted by atomic mass is 10.0. The smallest absolute Gasteiger partial charge is 0.140 e. The number of nitrogens with zero attached hydrogens (tertiary/aromatic N) is 1. The van der Waals surface area contributed by atoms with Crippen molar-refractivity contribution >= 4 is 11.3 Å². The van der Waals surface area contributed by atoms with Crippen LogP contribution >= 0.6 is 11.3 Å². The molecule has 1 N–H and O–H groups in total. The lowest BCUT2D eigenvalue weighted by Crippen LogP contribution is -2.05. The van der Waals surface area contributed by atoms with Crippen molar-refractivity contribution in [2.24, 2.45) is 0 Å². The third-order valence-corrected chi connectivity index (χ3v) is 4.46. The summed E-state index contributed by atoms with van der Waals surface area (Å²) >= 11 is 1.74. The molecule has 0 saturated heterocycles. The molecule has 2 aromatic rings. The van der Waals surface area contributed by atoms with Gasteiger partial charge in [-0.05, 0) is 31.0 Å². The molecular weight excluding hydrogens is 280 g/mol. The first kappa shape index (κ1) is 16.0. The molecule has 4 heteroatoms. The Morgan fingerprint density at radius 3 is 2.71 bits per heavy atom. The number of hydrogen-bond donors (Lipinski definition) is 1. The first-order valence-electron chi connectivity index (χ1n) is 7.49. The summed E-state index contributed by atoms with van der Waals surface area (Å²) < 4.78 is 6.00. The number of aryl methyl sites for hydroxylation is 1. The average molecular weight is 304 g/mol. The van der Waals surface area contributed by atoms with Gasteiger partial charge in [0.2, 0.25) is 0 Å². The van der Waals surface area contributed by atoms with Crippen LogP contribution in [0.4, 0.5) is 0 Å². The van der Waals surface area contributed by atoms with Crippen molar-refractivity contribution < 1.29 is 4.74 Å². The van der Waals surface area contributed by atoms with Crippen LogP contribution in [0.3, 0.4) is 0 Å². The van der Waals surface area contributed by atoms with Gasteiger partial charge in [0.15, 0.2) is 0 Å². The van der Waals surface area contributed by atoms with E-state index in [2.05, 4.69) is 38.2 Å². The fraction of sp³-hybridized carbons (Fsp3) is 0.471. The maximum atomic E-state index is 6.00. The van der Waals surface area contributed by atoms with Gasteiger partial charge < -0.3 is 10.1 Å². The van der Waals surface area contributed by atoms with Gasteiger partial charge in [0, 0.05) is 11.4 Å². The molecule has 0 atom stereocenters. The van der Waals surface area contributed by atoms with Gasteiger partial charge in [0.25, 0.3) is 0 Å². The normalized spacial score (nSPS) is 11.1. The second kappa shape index (κ2) is 7.57. The highest BCUT2D eigenvalue weighted by Crippen LogP contribution is 2.27. The summed E-state index contributed by atoms with van der Waals surface area (Å²) in [5.41, 5.74) is 2.44. The number of aromatic nitrogens is 1. The number of benzene rings is 1. The molecule has 0 aliphatic carbocycles. The minimum Gasteiger partial charge on any atom is -0.486 e. The number of para-hydroxylation sites is 1. The molecule has 0 aliphatic rings. The predicted molar refractivity (Wildman–Crippen MR) is 89.1 cm³/mol. The van der Waals surface area contributed by atoms with Gasteiger partial charge in [0.1, 0.15) is 17.4 Å². The van der Waals surface area contributed by atoms with Crippen molar-refractivity contribution in [3.8, 4) is 5.75 Å². The third-order valence-electron chi connectivity index (χ3n) is 3.39. The molecule has 1 heterocycles. The van der Waals surface area contributed by atoms with E-state index in [1.807, 2.05) is 19.2 Å². The molecular formula is C17H24N2OS. The van der Waals surface area contributed by atoms with Crippen molar-refractivity contribution in [1.82, 2.24) is 10.3 Å². The molecule has 0 unspecified atom stereocenters. The first-order chi connectivity index (χ1) is 10.2. The van der Waals surface area contributed by atoms with E-state index in [9.17, 15) is 0 Å². The monoisotopic (exact) mass is 304 g/mol. The molecule has 3 nitrogen and oxygen atoms in total. The van der Waals surface area contributed by atoms with E-state index >= 15 is 0 Å². The number of hydrogen-bond acceptors (Lipinski definition) is 4. The number of rotatable bonds is 7. The number of ether oxygens (including phenoxy) is 1. The minimum atomic E-state index is 0.462. The Morgan fingerprint density at radius 1 is 1.29 bits per heavy atom. The van der Waals surface area contributed by atoms with Crippen LogP contribution in [0, 0.1) is 0 Å². The molecule has 0 amide bonds. The predicted octanol–water partition coefficient (Wildman–Crippen LogP) is 4.13. The maximum Gasteiger partial charge on any atom is 0.140 e. The lowest BCUT2D eigenvalue weighted by Gasteiger charge is -2.12. The molecule has 0 fully saturated rings. The third kappa shape index (κ3) is 4.05. The summed E-state index contributed by atoms with van der Waals surface area (Å²) in [6, 6.07) is 8.25. The summed E-state index contributed by atoms with van der Waals surface area (Å²) in [5.74, 6) is 1.43. The Morgan fingerprint density at radius 2 is 2.05 bits per heavy atom. The molecule has 0 bridgehead atoms. The SMILES string of the molecule is CCc1nc(COc2ccccc2C(C)C)sc1CNC. The molecule has 0 spiro atoms. The van der Waals surface area contributed by atoms with Crippen LogP contribution in [0.1, 0.15) is 47.8 Å². The van der Waals surface area contributed by atoms with Crippen LogP contribution in [-0.2, 0) is 19.6 Å². The Labute approximate surface area is 131 Å². The van der Waals surface area contributed by atoms with E-state index in [1.165, 1.54) is 16.1 Å². The van der Waals surface area contributed by atoms with E-state index in [1.54, 1.807) is 11.3 Å². The topological polar surface area (TPSA) is 34.1 Å². The van der Waals surface area contributed by atoms with Gasteiger partial charge >= 0.3 is 0 Å². The summed E-state index contributed by atoms with van der Waals surface area (Å²) in [5, 5.41) is 4.25. The fourth-order valence-corrected chi connectivity index (χ4v) is 3.38. The fourth-order valence-electron chi connectivity index (χ4n) is 2.30. The van der Waals surface area contributed by atoms with Gasteiger partial charge in [-0.2, -0.15) is 0 Å². The molecule has 0 saturated carbocycles. The van der Waals surface area contributed by atoms with E-state index in [4.69, 9.17) is 9.72 Å².